The van der Waals surface area contributed by atoms with E-state index in [1.165, 1.54) is 18.2 Å². The van der Waals surface area contributed by atoms with Crippen LogP contribution in [0.2, 0.25) is 0 Å². The lowest BCUT2D eigenvalue weighted by Crippen LogP contribution is -2.28. The van der Waals surface area contributed by atoms with Crippen LogP contribution in [0, 0.1) is 0 Å². The molecule has 2 aromatic heterocycles. The number of aryl methyl sites for hydroxylation is 1. The molecule has 1 amide bonds. The van der Waals surface area contributed by atoms with E-state index in [2.05, 4.69) is 15.5 Å². The number of carbonyl (C=O) groups excluding carboxylic acids is 1. The van der Waals surface area contributed by atoms with Gasteiger partial charge in [-0.05, 0) is 23.7 Å². The summed E-state index contributed by atoms with van der Waals surface area (Å²) < 4.78 is 50.1. The van der Waals surface area contributed by atoms with Gasteiger partial charge in [0.05, 0.1) is 18.0 Å². The minimum absolute atomic E-state index is 0.0593. The first-order chi connectivity index (χ1) is 12.9. The van der Waals surface area contributed by atoms with Crippen molar-refractivity contribution in [2.75, 3.05) is 6.54 Å². The van der Waals surface area contributed by atoms with Crippen LogP contribution in [0.15, 0.2) is 53.6 Å². The number of aromatic nitrogens is 3. The topological polar surface area (TPSA) is 82.2 Å². The van der Waals surface area contributed by atoms with Crippen LogP contribution >= 0.6 is 0 Å². The molecule has 0 saturated heterocycles. The Balaban J connectivity index is 1.52. The first kappa shape index (κ1) is 18.5. The highest BCUT2D eigenvalue weighted by molar-refractivity contribution is 5.70. The Morgan fingerprint density at radius 3 is 2.89 bits per heavy atom. The number of alkyl halides is 3. The van der Waals surface area contributed by atoms with E-state index >= 15 is 0 Å². The highest BCUT2D eigenvalue weighted by atomic mass is 19.4. The monoisotopic (exact) mass is 380 g/mol. The zero-order valence-electron chi connectivity index (χ0n) is 13.9. The lowest BCUT2D eigenvalue weighted by Gasteiger charge is -2.06. The second-order valence-corrected chi connectivity index (χ2v) is 5.58. The molecule has 27 heavy (non-hydrogen) atoms. The summed E-state index contributed by atoms with van der Waals surface area (Å²) in [7, 11) is 0. The number of rotatable bonds is 6. The van der Waals surface area contributed by atoms with Gasteiger partial charge in [0.15, 0.2) is 5.76 Å². The molecule has 2 heterocycles. The maximum atomic E-state index is 12.8. The highest BCUT2D eigenvalue weighted by Gasteiger charge is 2.30. The van der Waals surface area contributed by atoms with E-state index in [9.17, 15) is 18.0 Å². The van der Waals surface area contributed by atoms with Crippen molar-refractivity contribution in [3.63, 3.8) is 0 Å². The van der Waals surface area contributed by atoms with Crippen LogP contribution in [-0.2, 0) is 12.7 Å². The molecule has 0 atom stereocenters. The maximum absolute atomic E-state index is 12.8. The molecule has 0 spiro atoms. The number of hydrogen-bond acceptors (Lipinski definition) is 5. The highest BCUT2D eigenvalue weighted by Crippen LogP contribution is 2.32. The predicted molar refractivity (Wildman–Crippen MR) is 87.8 cm³/mol. The number of halogens is 3. The van der Waals surface area contributed by atoms with Crippen LogP contribution in [0.5, 0.6) is 5.88 Å². The van der Waals surface area contributed by atoms with Crippen LogP contribution in [0.25, 0.3) is 11.3 Å². The molecule has 0 aliphatic carbocycles. The van der Waals surface area contributed by atoms with E-state index < -0.39 is 17.8 Å². The fraction of sp³-hybridized carbons (Fsp3) is 0.235. The molecular formula is C17H15F3N4O3. The molecule has 142 valence electrons. The van der Waals surface area contributed by atoms with Crippen molar-refractivity contribution in [3.05, 3.63) is 54.6 Å². The van der Waals surface area contributed by atoms with E-state index in [0.29, 0.717) is 19.5 Å². The summed E-state index contributed by atoms with van der Waals surface area (Å²) in [6, 6.07) is 5.83. The van der Waals surface area contributed by atoms with E-state index in [1.807, 2.05) is 10.8 Å². The van der Waals surface area contributed by atoms with Crippen molar-refractivity contribution in [3.8, 4) is 17.2 Å². The van der Waals surface area contributed by atoms with Crippen molar-refractivity contribution >= 4 is 6.09 Å². The van der Waals surface area contributed by atoms with Crippen molar-refractivity contribution < 1.29 is 27.2 Å². The molecule has 0 bridgehead atoms. The Labute approximate surface area is 151 Å². The van der Waals surface area contributed by atoms with Crippen LogP contribution in [0.1, 0.15) is 12.0 Å². The van der Waals surface area contributed by atoms with Gasteiger partial charge >= 0.3 is 12.3 Å². The minimum atomic E-state index is -4.47. The minimum Gasteiger partial charge on any atom is -0.388 e. The van der Waals surface area contributed by atoms with E-state index in [1.54, 1.807) is 12.5 Å². The third-order valence-electron chi connectivity index (χ3n) is 3.58. The third kappa shape index (κ3) is 5.09. The molecule has 0 fully saturated rings. The molecular weight excluding hydrogens is 365 g/mol. The summed E-state index contributed by atoms with van der Waals surface area (Å²) in [5.74, 6) is -0.0847. The van der Waals surface area contributed by atoms with Crippen LogP contribution < -0.4 is 10.1 Å². The fourth-order valence-corrected chi connectivity index (χ4v) is 2.29. The Kier molecular flexibility index (Phi) is 5.43. The standard InChI is InChI=1S/C17H15F3N4O3/c18-17(19,20)13-4-1-3-12(9-13)14-10-15(23-27-14)26-16(25)22-5-2-7-24-8-6-21-11-24/h1,3-4,6,8-11H,2,5,7H2,(H,22,25). The van der Waals surface area contributed by atoms with Gasteiger partial charge in [-0.3, -0.25) is 0 Å². The van der Waals surface area contributed by atoms with Gasteiger partial charge in [-0.25, -0.2) is 9.78 Å². The number of nitrogens with one attached hydrogen (secondary N) is 1. The van der Waals surface area contributed by atoms with E-state index in [0.717, 1.165) is 12.1 Å². The number of imidazole rings is 1. The Hall–Kier alpha value is -3.30. The Bertz CT molecular complexity index is 891. The molecule has 3 aromatic rings. The molecule has 0 unspecified atom stereocenters. The van der Waals surface area contributed by atoms with E-state index in [-0.39, 0.29) is 17.2 Å². The van der Waals surface area contributed by atoms with Gasteiger partial charge in [-0.1, -0.05) is 12.1 Å². The van der Waals surface area contributed by atoms with Crippen LogP contribution in [0.4, 0.5) is 18.0 Å². The van der Waals surface area contributed by atoms with Crippen molar-refractivity contribution in [1.29, 1.82) is 0 Å². The largest absolute Gasteiger partial charge is 0.416 e. The Morgan fingerprint density at radius 1 is 1.30 bits per heavy atom. The Morgan fingerprint density at radius 2 is 2.15 bits per heavy atom. The van der Waals surface area contributed by atoms with Gasteiger partial charge in [-0.2, -0.15) is 13.2 Å². The number of hydrogen-bond donors (Lipinski definition) is 1. The second-order valence-electron chi connectivity index (χ2n) is 5.58. The van der Waals surface area contributed by atoms with Gasteiger partial charge in [0.1, 0.15) is 0 Å². The first-order valence-electron chi connectivity index (χ1n) is 7.97. The van der Waals surface area contributed by atoms with Gasteiger partial charge in [0, 0.05) is 31.0 Å². The average Bonchev–Trinajstić information content (AvgIpc) is 3.30. The lowest BCUT2D eigenvalue weighted by molar-refractivity contribution is -0.137. The molecule has 3 rings (SSSR count). The SMILES string of the molecule is O=C(NCCCn1ccnc1)Oc1cc(-c2cccc(C(F)(F)F)c2)on1. The fourth-order valence-electron chi connectivity index (χ4n) is 2.29. The quantitative estimate of drug-likeness (QED) is 0.659. The second kappa shape index (κ2) is 7.94. The summed E-state index contributed by atoms with van der Waals surface area (Å²) in [5.41, 5.74) is -0.637. The molecule has 1 aromatic carbocycles. The smallest absolute Gasteiger partial charge is 0.388 e. The van der Waals surface area contributed by atoms with Crippen molar-refractivity contribution in [2.45, 2.75) is 19.1 Å². The van der Waals surface area contributed by atoms with Gasteiger partial charge in [0.2, 0.25) is 0 Å². The van der Waals surface area contributed by atoms with Crippen molar-refractivity contribution in [2.24, 2.45) is 0 Å². The molecule has 0 aliphatic rings. The summed E-state index contributed by atoms with van der Waals surface area (Å²) in [6.07, 6.45) is 0.607. The number of benzene rings is 1. The molecule has 7 nitrogen and oxygen atoms in total. The molecule has 0 saturated carbocycles. The first-order valence-corrected chi connectivity index (χ1v) is 7.97. The van der Waals surface area contributed by atoms with E-state index in [4.69, 9.17) is 9.26 Å². The summed E-state index contributed by atoms with van der Waals surface area (Å²) in [5, 5.41) is 6.09. The van der Waals surface area contributed by atoms with Gasteiger partial charge in [0.25, 0.3) is 5.88 Å². The van der Waals surface area contributed by atoms with Gasteiger partial charge in [-0.15, -0.1) is 0 Å². The normalized spacial score (nSPS) is 11.4. The predicted octanol–water partition coefficient (Wildman–Crippen LogP) is 3.74. The third-order valence-corrected chi connectivity index (χ3v) is 3.58. The summed E-state index contributed by atoms with van der Waals surface area (Å²) >= 11 is 0. The number of nitrogens with zero attached hydrogens (tertiary/aromatic N) is 3. The molecule has 0 aliphatic heterocycles. The van der Waals surface area contributed by atoms with Gasteiger partial charge < -0.3 is 19.1 Å². The maximum Gasteiger partial charge on any atom is 0.416 e. The van der Waals surface area contributed by atoms with Crippen LogP contribution in [-0.4, -0.2) is 27.3 Å². The molecule has 10 heteroatoms. The molecule has 0 radical (unpaired) electrons. The van der Waals surface area contributed by atoms with Crippen molar-refractivity contribution in [1.82, 2.24) is 20.0 Å². The average molecular weight is 380 g/mol. The number of ether oxygens (including phenoxy) is 1. The van der Waals surface area contributed by atoms with Crippen LogP contribution in [0.3, 0.4) is 0 Å². The number of amides is 1. The summed E-state index contributed by atoms with van der Waals surface area (Å²) in [6.45, 7) is 1.05. The zero-order valence-corrected chi connectivity index (χ0v) is 13.9. The number of carbonyl (C=O) groups is 1. The zero-order chi connectivity index (χ0) is 19.3. The molecule has 1 N–H and O–H groups in total. The summed E-state index contributed by atoms with van der Waals surface area (Å²) in [4.78, 5) is 15.6. The lowest BCUT2D eigenvalue weighted by atomic mass is 10.1.